The lowest BCUT2D eigenvalue weighted by Crippen LogP contribution is -2.22. The molecule has 1 rings (SSSR count). The van der Waals surface area contributed by atoms with Crippen molar-refractivity contribution in [3.05, 3.63) is 48.0 Å². The van der Waals surface area contributed by atoms with Crippen LogP contribution in [0.4, 0.5) is 0 Å². The zero-order chi connectivity index (χ0) is 15.2. The third-order valence-electron chi connectivity index (χ3n) is 3.53. The Hall–Kier alpha value is -1.57. The molecule has 21 heavy (non-hydrogen) atoms. The highest BCUT2D eigenvalue weighted by Gasteiger charge is 1.95. The average molecular weight is 287 g/mol. The molecule has 0 aliphatic carbocycles. The first-order valence-corrected chi connectivity index (χ1v) is 8.31. The third kappa shape index (κ3) is 9.89. The zero-order valence-electron chi connectivity index (χ0n) is 13.3. The van der Waals surface area contributed by atoms with E-state index in [9.17, 15) is 4.79 Å². The van der Waals surface area contributed by atoms with Crippen LogP contribution in [0.25, 0.3) is 0 Å². The van der Waals surface area contributed by atoms with Crippen LogP contribution in [0.3, 0.4) is 0 Å². The van der Waals surface area contributed by atoms with Crippen molar-refractivity contribution in [3.63, 3.8) is 0 Å². The maximum atomic E-state index is 11.6. The van der Waals surface area contributed by atoms with Crippen molar-refractivity contribution in [2.45, 2.75) is 58.3 Å². The van der Waals surface area contributed by atoms with Gasteiger partial charge in [0.25, 0.3) is 0 Å². The molecule has 2 heteroatoms. The van der Waals surface area contributed by atoms with Crippen molar-refractivity contribution in [1.29, 1.82) is 0 Å². The molecule has 0 heterocycles. The number of carbonyl (C=O) groups is 1. The molecular formula is C19H29NO. The molecule has 1 amide bonds. The van der Waals surface area contributed by atoms with Crippen molar-refractivity contribution in [3.8, 4) is 0 Å². The first-order chi connectivity index (χ1) is 10.3. The fourth-order valence-corrected chi connectivity index (χ4v) is 2.26. The van der Waals surface area contributed by atoms with E-state index < -0.39 is 0 Å². The summed E-state index contributed by atoms with van der Waals surface area (Å²) in [5.41, 5.74) is 1.33. The lowest BCUT2D eigenvalue weighted by Gasteiger charge is -2.02. The van der Waals surface area contributed by atoms with Crippen molar-refractivity contribution in [1.82, 2.24) is 5.32 Å². The number of aryl methyl sites for hydroxylation is 1. The standard InChI is InChI=1S/C19H29NO/c1-2-3-4-5-6-7-11-16-19(21)20-17-12-15-18-13-9-8-10-14-18/h8-11,13-14,16H,2-7,12,15,17H2,1H3,(H,20,21)/b16-11+. The van der Waals surface area contributed by atoms with Gasteiger partial charge >= 0.3 is 0 Å². The van der Waals surface area contributed by atoms with Gasteiger partial charge in [0.05, 0.1) is 0 Å². The molecule has 1 N–H and O–H groups in total. The molecule has 0 saturated heterocycles. The van der Waals surface area contributed by atoms with E-state index in [1.165, 1.54) is 37.7 Å². The lowest BCUT2D eigenvalue weighted by molar-refractivity contribution is -0.116. The number of rotatable bonds is 11. The Bertz CT molecular complexity index is 397. The van der Waals surface area contributed by atoms with Crippen LogP contribution in [0.1, 0.15) is 57.4 Å². The summed E-state index contributed by atoms with van der Waals surface area (Å²) in [5.74, 6) is 0.0385. The lowest BCUT2D eigenvalue weighted by atomic mass is 10.1. The molecule has 0 atom stereocenters. The summed E-state index contributed by atoms with van der Waals surface area (Å²) < 4.78 is 0. The van der Waals surface area contributed by atoms with E-state index in [0.29, 0.717) is 0 Å². The molecule has 116 valence electrons. The van der Waals surface area contributed by atoms with Gasteiger partial charge < -0.3 is 5.32 Å². The summed E-state index contributed by atoms with van der Waals surface area (Å²) in [4.78, 5) is 11.6. The third-order valence-corrected chi connectivity index (χ3v) is 3.53. The van der Waals surface area contributed by atoms with Gasteiger partial charge in [-0.15, -0.1) is 0 Å². The molecule has 0 aliphatic rings. The number of carbonyl (C=O) groups excluding carboxylic acids is 1. The monoisotopic (exact) mass is 287 g/mol. The Morgan fingerprint density at radius 1 is 1.05 bits per heavy atom. The zero-order valence-corrected chi connectivity index (χ0v) is 13.3. The number of benzene rings is 1. The number of hydrogen-bond donors (Lipinski definition) is 1. The number of nitrogens with one attached hydrogen (secondary N) is 1. The van der Waals surface area contributed by atoms with Crippen LogP contribution in [-0.2, 0) is 11.2 Å². The topological polar surface area (TPSA) is 29.1 Å². The van der Waals surface area contributed by atoms with Crippen LogP contribution in [0, 0.1) is 0 Å². The molecule has 0 aromatic heterocycles. The smallest absolute Gasteiger partial charge is 0.243 e. The summed E-state index contributed by atoms with van der Waals surface area (Å²) in [6.07, 6.45) is 13.1. The van der Waals surface area contributed by atoms with E-state index >= 15 is 0 Å². The molecule has 0 fully saturated rings. The van der Waals surface area contributed by atoms with E-state index in [-0.39, 0.29) is 5.91 Å². The molecule has 0 spiro atoms. The molecule has 0 aliphatic heterocycles. The fraction of sp³-hybridized carbons (Fsp3) is 0.526. The van der Waals surface area contributed by atoms with E-state index in [1.54, 1.807) is 6.08 Å². The quantitative estimate of drug-likeness (QED) is 0.466. The van der Waals surface area contributed by atoms with Crippen LogP contribution in [0.5, 0.6) is 0 Å². The molecule has 0 bridgehead atoms. The highest BCUT2D eigenvalue weighted by atomic mass is 16.1. The van der Waals surface area contributed by atoms with Crippen molar-refractivity contribution in [2.24, 2.45) is 0 Å². The van der Waals surface area contributed by atoms with Gasteiger partial charge in [-0.05, 0) is 37.3 Å². The molecule has 0 radical (unpaired) electrons. The van der Waals surface area contributed by atoms with Gasteiger partial charge in [-0.25, -0.2) is 0 Å². The SMILES string of the molecule is CCCCCCC/C=C/C(=O)NCCCc1ccccc1. The van der Waals surface area contributed by atoms with Gasteiger partial charge in [0.2, 0.25) is 5.91 Å². The first-order valence-electron chi connectivity index (χ1n) is 8.31. The van der Waals surface area contributed by atoms with Gasteiger partial charge in [-0.1, -0.05) is 69.0 Å². The van der Waals surface area contributed by atoms with Gasteiger partial charge in [-0.3, -0.25) is 4.79 Å². The van der Waals surface area contributed by atoms with E-state index in [4.69, 9.17) is 0 Å². The van der Waals surface area contributed by atoms with Crippen molar-refractivity contribution < 1.29 is 4.79 Å². The summed E-state index contributed by atoms with van der Waals surface area (Å²) in [5, 5.41) is 2.94. The van der Waals surface area contributed by atoms with Crippen molar-refractivity contribution in [2.75, 3.05) is 6.54 Å². The van der Waals surface area contributed by atoms with Gasteiger partial charge in [0.1, 0.15) is 0 Å². The Labute approximate surface area is 129 Å². The Kier molecular flexibility index (Phi) is 10.1. The second-order valence-corrected chi connectivity index (χ2v) is 5.49. The number of amides is 1. The molecule has 2 nitrogen and oxygen atoms in total. The van der Waals surface area contributed by atoms with E-state index in [0.717, 1.165) is 25.8 Å². The normalized spacial score (nSPS) is 10.9. The maximum absolute atomic E-state index is 11.6. The fourth-order valence-electron chi connectivity index (χ4n) is 2.26. The second kappa shape index (κ2) is 12.2. The summed E-state index contributed by atoms with van der Waals surface area (Å²) in [7, 11) is 0. The predicted octanol–water partition coefficient (Wildman–Crippen LogP) is 4.65. The first kappa shape index (κ1) is 17.5. The Balaban J connectivity index is 1.98. The highest BCUT2D eigenvalue weighted by molar-refractivity contribution is 5.87. The predicted molar refractivity (Wildman–Crippen MR) is 90.3 cm³/mol. The summed E-state index contributed by atoms with van der Waals surface area (Å²) in [6, 6.07) is 10.4. The van der Waals surface area contributed by atoms with Crippen LogP contribution in [0.15, 0.2) is 42.5 Å². The van der Waals surface area contributed by atoms with E-state index in [1.807, 2.05) is 12.1 Å². The summed E-state index contributed by atoms with van der Waals surface area (Å²) >= 11 is 0. The minimum atomic E-state index is 0.0385. The average Bonchev–Trinajstić information content (AvgIpc) is 2.52. The number of unbranched alkanes of at least 4 members (excludes halogenated alkanes) is 5. The Morgan fingerprint density at radius 3 is 2.57 bits per heavy atom. The summed E-state index contributed by atoms with van der Waals surface area (Å²) in [6.45, 7) is 2.97. The van der Waals surface area contributed by atoms with Gasteiger partial charge in [0, 0.05) is 6.54 Å². The van der Waals surface area contributed by atoms with Crippen LogP contribution >= 0.6 is 0 Å². The molecular weight excluding hydrogens is 258 g/mol. The second-order valence-electron chi connectivity index (χ2n) is 5.49. The van der Waals surface area contributed by atoms with Crippen LogP contribution in [-0.4, -0.2) is 12.5 Å². The van der Waals surface area contributed by atoms with Gasteiger partial charge in [-0.2, -0.15) is 0 Å². The molecule has 1 aromatic rings. The number of allylic oxidation sites excluding steroid dienone is 1. The maximum Gasteiger partial charge on any atom is 0.243 e. The molecule has 1 aromatic carbocycles. The highest BCUT2D eigenvalue weighted by Crippen LogP contribution is 2.05. The van der Waals surface area contributed by atoms with E-state index in [2.05, 4.69) is 36.5 Å². The van der Waals surface area contributed by atoms with Crippen molar-refractivity contribution >= 4 is 5.91 Å². The molecule has 0 saturated carbocycles. The molecule has 0 unspecified atom stereocenters. The number of hydrogen-bond acceptors (Lipinski definition) is 1. The van der Waals surface area contributed by atoms with Crippen LogP contribution in [0.2, 0.25) is 0 Å². The minimum Gasteiger partial charge on any atom is -0.353 e. The Morgan fingerprint density at radius 2 is 1.81 bits per heavy atom. The van der Waals surface area contributed by atoms with Gasteiger partial charge in [0.15, 0.2) is 0 Å². The largest absolute Gasteiger partial charge is 0.353 e. The minimum absolute atomic E-state index is 0.0385. The van der Waals surface area contributed by atoms with Crippen LogP contribution < -0.4 is 5.32 Å².